The van der Waals surface area contributed by atoms with Crippen LogP contribution in [0.15, 0.2) is 18.2 Å². The number of phenols is 1. The van der Waals surface area contributed by atoms with Crippen molar-refractivity contribution in [3.63, 3.8) is 0 Å². The Hall–Kier alpha value is -1.55. The summed E-state index contributed by atoms with van der Waals surface area (Å²) in [6.07, 6.45) is 0. The highest BCUT2D eigenvalue weighted by Gasteiger charge is 2.08. The van der Waals surface area contributed by atoms with Crippen molar-refractivity contribution in [2.24, 2.45) is 0 Å². The molecule has 1 aromatic carbocycles. The van der Waals surface area contributed by atoms with E-state index in [1.807, 2.05) is 0 Å². The lowest BCUT2D eigenvalue weighted by Gasteiger charge is -2.04. The van der Waals surface area contributed by atoms with Gasteiger partial charge in [-0.25, -0.2) is 4.79 Å². The third-order valence-corrected chi connectivity index (χ3v) is 1.77. The smallest absolute Gasteiger partial charge is 0.338 e. The van der Waals surface area contributed by atoms with Crippen molar-refractivity contribution >= 4 is 5.97 Å². The Morgan fingerprint density at radius 3 is 2.71 bits per heavy atom. The molecular formula is C10H12O4. The van der Waals surface area contributed by atoms with Gasteiger partial charge in [-0.15, -0.1) is 0 Å². The molecule has 2 N–H and O–H groups in total. The van der Waals surface area contributed by atoms with Crippen molar-refractivity contribution in [1.29, 1.82) is 0 Å². The highest BCUT2D eigenvalue weighted by molar-refractivity contribution is 5.89. The van der Waals surface area contributed by atoms with Crippen LogP contribution in [0.25, 0.3) is 0 Å². The minimum absolute atomic E-state index is 0.0990. The Balaban J connectivity index is 2.91. The zero-order valence-corrected chi connectivity index (χ0v) is 7.86. The first-order valence-corrected chi connectivity index (χ1v) is 4.29. The van der Waals surface area contributed by atoms with Crippen LogP contribution in [-0.2, 0) is 11.3 Å². The third-order valence-electron chi connectivity index (χ3n) is 1.77. The first-order chi connectivity index (χ1) is 6.69. The van der Waals surface area contributed by atoms with E-state index in [4.69, 9.17) is 9.84 Å². The molecule has 0 spiro atoms. The molecule has 1 aromatic rings. The van der Waals surface area contributed by atoms with Gasteiger partial charge in [0.2, 0.25) is 0 Å². The van der Waals surface area contributed by atoms with Crippen LogP contribution in [0.5, 0.6) is 5.75 Å². The van der Waals surface area contributed by atoms with E-state index in [9.17, 15) is 9.90 Å². The fourth-order valence-corrected chi connectivity index (χ4v) is 1.04. The van der Waals surface area contributed by atoms with Crippen molar-refractivity contribution in [1.82, 2.24) is 0 Å². The van der Waals surface area contributed by atoms with Gasteiger partial charge in [-0.1, -0.05) is 6.07 Å². The summed E-state index contributed by atoms with van der Waals surface area (Å²) < 4.78 is 4.74. The standard InChI is InChI=1S/C10H12O4/c1-2-14-10(13)7-3-4-8(6-11)9(12)5-7/h3-5,11-12H,2,6H2,1H3. The number of aliphatic hydroxyl groups is 1. The Kier molecular flexibility index (Phi) is 3.48. The molecule has 0 aromatic heterocycles. The maximum Gasteiger partial charge on any atom is 0.338 e. The minimum atomic E-state index is -0.479. The summed E-state index contributed by atoms with van der Waals surface area (Å²) >= 11 is 0. The molecule has 4 nitrogen and oxygen atoms in total. The summed E-state index contributed by atoms with van der Waals surface area (Å²) in [6, 6.07) is 4.27. The van der Waals surface area contributed by atoms with Crippen LogP contribution in [0, 0.1) is 0 Å². The van der Waals surface area contributed by atoms with Crippen molar-refractivity contribution in [2.75, 3.05) is 6.61 Å². The van der Waals surface area contributed by atoms with E-state index < -0.39 is 5.97 Å². The van der Waals surface area contributed by atoms with Gasteiger partial charge in [0.15, 0.2) is 0 Å². The van der Waals surface area contributed by atoms with E-state index in [-0.39, 0.29) is 17.9 Å². The van der Waals surface area contributed by atoms with Crippen LogP contribution in [0.1, 0.15) is 22.8 Å². The van der Waals surface area contributed by atoms with Crippen LogP contribution in [0.4, 0.5) is 0 Å². The van der Waals surface area contributed by atoms with Crippen molar-refractivity contribution in [3.8, 4) is 5.75 Å². The summed E-state index contributed by atoms with van der Waals surface area (Å²) in [5.41, 5.74) is 0.666. The van der Waals surface area contributed by atoms with E-state index in [1.54, 1.807) is 6.92 Å². The van der Waals surface area contributed by atoms with E-state index in [0.717, 1.165) is 0 Å². The largest absolute Gasteiger partial charge is 0.508 e. The summed E-state index contributed by atoms with van der Waals surface area (Å²) in [4.78, 5) is 11.2. The third kappa shape index (κ3) is 2.23. The van der Waals surface area contributed by atoms with Gasteiger partial charge in [0.05, 0.1) is 18.8 Å². The number of rotatable bonds is 3. The molecule has 14 heavy (non-hydrogen) atoms. The maximum absolute atomic E-state index is 11.2. The molecule has 0 fully saturated rings. The molecule has 0 atom stereocenters. The average Bonchev–Trinajstić information content (AvgIpc) is 2.18. The normalized spacial score (nSPS) is 9.86. The van der Waals surface area contributed by atoms with Crippen LogP contribution < -0.4 is 0 Å². The summed E-state index contributed by atoms with van der Waals surface area (Å²) in [5.74, 6) is -0.578. The van der Waals surface area contributed by atoms with Gasteiger partial charge in [0, 0.05) is 5.56 Å². The Bertz CT molecular complexity index is 333. The molecule has 0 amide bonds. The predicted molar refractivity (Wildman–Crippen MR) is 50.0 cm³/mol. The summed E-state index contributed by atoms with van der Waals surface area (Å²) in [6.45, 7) is 1.75. The number of esters is 1. The van der Waals surface area contributed by atoms with Gasteiger partial charge in [-0.2, -0.15) is 0 Å². The molecule has 0 unspecified atom stereocenters. The summed E-state index contributed by atoms with van der Waals surface area (Å²) in [7, 11) is 0. The quantitative estimate of drug-likeness (QED) is 0.709. The highest BCUT2D eigenvalue weighted by Crippen LogP contribution is 2.19. The Morgan fingerprint density at radius 2 is 2.21 bits per heavy atom. The molecule has 4 heteroatoms. The van der Waals surface area contributed by atoms with E-state index in [1.165, 1.54) is 18.2 Å². The molecule has 0 bridgehead atoms. The topological polar surface area (TPSA) is 66.8 Å². The van der Waals surface area contributed by atoms with Gasteiger partial charge in [0.1, 0.15) is 5.75 Å². The molecule has 76 valence electrons. The predicted octanol–water partition coefficient (Wildman–Crippen LogP) is 1.06. The van der Waals surface area contributed by atoms with Gasteiger partial charge in [0.25, 0.3) is 0 Å². The number of hydrogen-bond donors (Lipinski definition) is 2. The van der Waals surface area contributed by atoms with Crippen molar-refractivity contribution < 1.29 is 19.7 Å². The first kappa shape index (κ1) is 10.5. The number of benzene rings is 1. The lowest BCUT2D eigenvalue weighted by atomic mass is 10.1. The SMILES string of the molecule is CCOC(=O)c1ccc(CO)c(O)c1. The van der Waals surface area contributed by atoms with Crippen LogP contribution in [0.2, 0.25) is 0 Å². The van der Waals surface area contributed by atoms with E-state index in [2.05, 4.69) is 0 Å². The molecule has 0 radical (unpaired) electrons. The van der Waals surface area contributed by atoms with Crippen LogP contribution >= 0.6 is 0 Å². The molecule has 0 saturated heterocycles. The zero-order valence-electron chi connectivity index (χ0n) is 7.86. The number of hydrogen-bond acceptors (Lipinski definition) is 4. The number of carbonyl (C=O) groups excluding carboxylic acids is 1. The molecule has 0 aliphatic heterocycles. The Morgan fingerprint density at radius 1 is 1.50 bits per heavy atom. The number of aliphatic hydroxyl groups excluding tert-OH is 1. The molecule has 1 rings (SSSR count). The second-order valence-corrected chi connectivity index (χ2v) is 2.72. The fourth-order valence-electron chi connectivity index (χ4n) is 1.04. The van der Waals surface area contributed by atoms with Crippen LogP contribution in [0.3, 0.4) is 0 Å². The summed E-state index contributed by atoms with van der Waals surface area (Å²) in [5, 5.41) is 18.1. The number of ether oxygens (including phenoxy) is 1. The molecule has 0 saturated carbocycles. The lowest BCUT2D eigenvalue weighted by molar-refractivity contribution is 0.0526. The average molecular weight is 196 g/mol. The molecular weight excluding hydrogens is 184 g/mol. The van der Waals surface area contributed by atoms with Gasteiger partial charge >= 0.3 is 5.97 Å². The second-order valence-electron chi connectivity index (χ2n) is 2.72. The Labute approximate surface area is 81.8 Å². The highest BCUT2D eigenvalue weighted by atomic mass is 16.5. The molecule has 0 heterocycles. The second kappa shape index (κ2) is 4.62. The zero-order chi connectivity index (χ0) is 10.6. The van der Waals surface area contributed by atoms with Crippen LogP contribution in [-0.4, -0.2) is 22.8 Å². The van der Waals surface area contributed by atoms with Gasteiger partial charge < -0.3 is 14.9 Å². The van der Waals surface area contributed by atoms with Gasteiger partial charge in [-0.3, -0.25) is 0 Å². The van der Waals surface area contributed by atoms with Crippen molar-refractivity contribution in [3.05, 3.63) is 29.3 Å². The van der Waals surface area contributed by atoms with Crippen molar-refractivity contribution in [2.45, 2.75) is 13.5 Å². The number of aromatic hydroxyl groups is 1. The number of carbonyl (C=O) groups is 1. The first-order valence-electron chi connectivity index (χ1n) is 4.29. The monoisotopic (exact) mass is 196 g/mol. The molecule has 0 aliphatic carbocycles. The van der Waals surface area contributed by atoms with E-state index >= 15 is 0 Å². The lowest BCUT2D eigenvalue weighted by Crippen LogP contribution is -2.04. The minimum Gasteiger partial charge on any atom is -0.508 e. The maximum atomic E-state index is 11.2. The molecule has 0 aliphatic rings. The van der Waals surface area contributed by atoms with E-state index in [0.29, 0.717) is 12.2 Å². The van der Waals surface area contributed by atoms with Gasteiger partial charge in [-0.05, 0) is 19.1 Å². The fraction of sp³-hybridized carbons (Fsp3) is 0.300.